The molecule has 4 nitrogen and oxygen atoms in total. The Morgan fingerprint density at radius 1 is 1.35 bits per heavy atom. The number of benzene rings is 1. The summed E-state index contributed by atoms with van der Waals surface area (Å²) >= 11 is 0. The van der Waals surface area contributed by atoms with Crippen LogP contribution in [-0.2, 0) is 6.42 Å². The smallest absolute Gasteiger partial charge is 0.264 e. The monoisotopic (exact) mass is 268 g/mol. The first-order valence-corrected chi connectivity index (χ1v) is 6.14. The van der Waals surface area contributed by atoms with Gasteiger partial charge in [0, 0.05) is 12.2 Å². The lowest BCUT2D eigenvalue weighted by Crippen LogP contribution is -2.36. The first-order chi connectivity index (χ1) is 9.54. The van der Waals surface area contributed by atoms with Crippen molar-refractivity contribution >= 4 is 24.9 Å². The Labute approximate surface area is 116 Å². The van der Waals surface area contributed by atoms with Gasteiger partial charge in [-0.2, -0.15) is 4.73 Å². The molecule has 6 heteroatoms. The number of amides is 1. The summed E-state index contributed by atoms with van der Waals surface area (Å²) in [4.78, 5) is 14.0. The van der Waals surface area contributed by atoms with E-state index in [1.807, 2.05) is 0 Å². The molecule has 0 saturated heterocycles. The molecule has 2 aromatic rings. The van der Waals surface area contributed by atoms with Crippen LogP contribution in [0, 0.1) is 11.0 Å². The van der Waals surface area contributed by atoms with Gasteiger partial charge in [-0.1, -0.05) is 0 Å². The van der Waals surface area contributed by atoms with Gasteiger partial charge in [-0.05, 0) is 41.7 Å². The highest BCUT2D eigenvalue weighted by Gasteiger charge is 2.27. The highest BCUT2D eigenvalue weighted by Crippen LogP contribution is 2.29. The molecule has 0 atom stereocenters. The molecule has 98 valence electrons. The van der Waals surface area contributed by atoms with Crippen molar-refractivity contribution in [3.63, 3.8) is 0 Å². The molecule has 0 N–H and O–H groups in total. The number of fused-ring (bicyclic) bond motifs is 1. The lowest BCUT2D eigenvalue weighted by Gasteiger charge is -2.17. The van der Waals surface area contributed by atoms with Gasteiger partial charge in [-0.3, -0.25) is 4.79 Å². The van der Waals surface area contributed by atoms with Crippen molar-refractivity contribution in [1.82, 2.24) is 0 Å². The van der Waals surface area contributed by atoms with Crippen LogP contribution in [0.15, 0.2) is 36.7 Å². The first kappa shape index (κ1) is 12.7. The zero-order valence-electron chi connectivity index (χ0n) is 10.5. The molecule has 20 heavy (non-hydrogen) atoms. The molecule has 0 spiro atoms. The molecule has 0 aliphatic carbocycles. The number of anilines is 1. The standard InChI is InChI=1S/C14H10BFN2O2/c15-11-5-10(7-17(20)8-11)14(19)18-4-3-9-6-12(16)1-2-13(9)18/h1-2,5-8H,3-4H2. The summed E-state index contributed by atoms with van der Waals surface area (Å²) < 4.78 is 13.7. The lowest BCUT2D eigenvalue weighted by atomic mass is 9.97. The number of pyridine rings is 1. The third-order valence-corrected chi connectivity index (χ3v) is 3.29. The van der Waals surface area contributed by atoms with Gasteiger partial charge in [0.1, 0.15) is 19.2 Å². The Kier molecular flexibility index (Phi) is 2.93. The number of nitrogens with zero attached hydrogens (tertiary/aromatic N) is 2. The van der Waals surface area contributed by atoms with Crippen LogP contribution in [0.1, 0.15) is 15.9 Å². The van der Waals surface area contributed by atoms with Crippen molar-refractivity contribution in [2.75, 3.05) is 11.4 Å². The number of aromatic nitrogens is 1. The van der Waals surface area contributed by atoms with Crippen molar-refractivity contribution in [1.29, 1.82) is 0 Å². The van der Waals surface area contributed by atoms with Gasteiger partial charge in [0.2, 0.25) is 0 Å². The summed E-state index contributed by atoms with van der Waals surface area (Å²) in [7, 11) is 5.57. The fourth-order valence-electron chi connectivity index (χ4n) is 2.43. The van der Waals surface area contributed by atoms with Crippen LogP contribution in [0.5, 0.6) is 0 Å². The largest absolute Gasteiger partial charge is 0.619 e. The van der Waals surface area contributed by atoms with Crippen LogP contribution in [-0.4, -0.2) is 20.3 Å². The van der Waals surface area contributed by atoms with E-state index in [2.05, 4.69) is 0 Å². The second-order valence-electron chi connectivity index (χ2n) is 4.70. The van der Waals surface area contributed by atoms with Crippen molar-refractivity contribution in [3.05, 3.63) is 58.8 Å². The number of hydrogen-bond donors (Lipinski definition) is 0. The third-order valence-electron chi connectivity index (χ3n) is 3.29. The second-order valence-corrected chi connectivity index (χ2v) is 4.70. The maximum Gasteiger partial charge on any atom is 0.264 e. The van der Waals surface area contributed by atoms with E-state index in [9.17, 15) is 14.4 Å². The zero-order valence-corrected chi connectivity index (χ0v) is 10.5. The molecule has 0 unspecified atom stereocenters. The van der Waals surface area contributed by atoms with Crippen molar-refractivity contribution < 1.29 is 13.9 Å². The molecule has 0 bridgehead atoms. The SMILES string of the molecule is [B]c1cc(C(=O)N2CCc3cc(F)ccc32)c[n+]([O-])c1. The maximum absolute atomic E-state index is 13.2. The molecule has 2 heterocycles. The van der Waals surface area contributed by atoms with Crippen LogP contribution in [0.3, 0.4) is 0 Å². The summed E-state index contributed by atoms with van der Waals surface area (Å²) in [6.07, 6.45) is 2.96. The molecule has 1 amide bonds. The molecular weight excluding hydrogens is 258 g/mol. The lowest BCUT2D eigenvalue weighted by molar-refractivity contribution is -0.604. The highest BCUT2D eigenvalue weighted by molar-refractivity contribution is 6.32. The molecule has 2 radical (unpaired) electrons. The molecular formula is C14H10BFN2O2. The first-order valence-electron chi connectivity index (χ1n) is 6.14. The molecule has 1 aliphatic rings. The Morgan fingerprint density at radius 3 is 2.90 bits per heavy atom. The van der Waals surface area contributed by atoms with Gasteiger partial charge in [-0.25, -0.2) is 4.39 Å². The Bertz CT molecular complexity index is 685. The molecule has 3 rings (SSSR count). The predicted octanol–water partition coefficient (Wildman–Crippen LogP) is 0.456. The third kappa shape index (κ3) is 2.13. The molecule has 1 aromatic carbocycles. The maximum atomic E-state index is 13.2. The molecule has 1 aliphatic heterocycles. The summed E-state index contributed by atoms with van der Waals surface area (Å²) in [5.41, 5.74) is 1.91. The quantitative estimate of drug-likeness (QED) is 0.428. The van der Waals surface area contributed by atoms with Crippen LogP contribution in [0.2, 0.25) is 0 Å². The summed E-state index contributed by atoms with van der Waals surface area (Å²) in [5.74, 6) is -0.633. The van der Waals surface area contributed by atoms with Crippen LogP contribution < -0.4 is 15.1 Å². The predicted molar refractivity (Wildman–Crippen MR) is 72.6 cm³/mol. The normalized spacial score (nSPS) is 13.3. The van der Waals surface area contributed by atoms with Gasteiger partial charge in [0.05, 0.1) is 0 Å². The Hall–Kier alpha value is -2.37. The number of rotatable bonds is 1. The van der Waals surface area contributed by atoms with Gasteiger partial charge in [0.25, 0.3) is 5.91 Å². The Morgan fingerprint density at radius 2 is 2.15 bits per heavy atom. The number of carbonyl (C=O) groups excluding carboxylic acids is 1. The van der Waals surface area contributed by atoms with Gasteiger partial charge in [0.15, 0.2) is 12.4 Å². The van der Waals surface area contributed by atoms with E-state index in [-0.39, 0.29) is 22.8 Å². The van der Waals surface area contributed by atoms with Gasteiger partial charge in [-0.15, -0.1) is 0 Å². The van der Waals surface area contributed by atoms with Gasteiger partial charge >= 0.3 is 0 Å². The molecule has 1 aromatic heterocycles. The van der Waals surface area contributed by atoms with E-state index < -0.39 is 0 Å². The number of halogens is 1. The number of carbonyl (C=O) groups is 1. The topological polar surface area (TPSA) is 47.2 Å². The minimum absolute atomic E-state index is 0.220. The summed E-state index contributed by atoms with van der Waals surface area (Å²) in [6, 6.07) is 5.78. The van der Waals surface area contributed by atoms with Crippen LogP contribution in [0.4, 0.5) is 10.1 Å². The minimum atomic E-state index is -0.320. The Balaban J connectivity index is 1.97. The van der Waals surface area contributed by atoms with Crippen molar-refractivity contribution in [3.8, 4) is 0 Å². The summed E-state index contributed by atoms with van der Waals surface area (Å²) in [6.45, 7) is 0.464. The van der Waals surface area contributed by atoms with Crippen molar-refractivity contribution in [2.24, 2.45) is 0 Å². The average Bonchev–Trinajstić information content (AvgIpc) is 2.79. The van der Waals surface area contributed by atoms with E-state index in [4.69, 9.17) is 7.85 Å². The van der Waals surface area contributed by atoms with Crippen molar-refractivity contribution in [2.45, 2.75) is 6.42 Å². The average molecular weight is 268 g/mol. The van der Waals surface area contributed by atoms with E-state index in [0.717, 1.165) is 5.56 Å². The zero-order chi connectivity index (χ0) is 14.3. The highest BCUT2D eigenvalue weighted by atomic mass is 19.1. The fourth-order valence-corrected chi connectivity index (χ4v) is 2.43. The van der Waals surface area contributed by atoms with Crippen LogP contribution in [0.25, 0.3) is 0 Å². The summed E-state index contributed by atoms with van der Waals surface area (Å²) in [5, 5.41) is 11.3. The van der Waals surface area contributed by atoms with E-state index in [0.29, 0.717) is 23.4 Å². The minimum Gasteiger partial charge on any atom is -0.619 e. The fraction of sp³-hybridized carbons (Fsp3) is 0.143. The molecule has 0 fully saturated rings. The van der Waals surface area contributed by atoms with E-state index in [1.54, 1.807) is 6.07 Å². The number of hydrogen-bond acceptors (Lipinski definition) is 2. The van der Waals surface area contributed by atoms with Gasteiger partial charge < -0.3 is 10.1 Å². The van der Waals surface area contributed by atoms with E-state index in [1.165, 1.54) is 35.5 Å². The van der Waals surface area contributed by atoms with Crippen LogP contribution >= 0.6 is 0 Å². The van der Waals surface area contributed by atoms with E-state index >= 15 is 0 Å². The molecule has 0 saturated carbocycles. The second kappa shape index (κ2) is 4.63.